The van der Waals surface area contributed by atoms with Crippen LogP contribution in [0.4, 0.5) is 0 Å². The first kappa shape index (κ1) is 14.6. The van der Waals surface area contributed by atoms with Crippen LogP contribution in [-0.2, 0) is 0 Å². The molecule has 106 valence electrons. The second-order valence-electron chi connectivity index (χ2n) is 5.17. The van der Waals surface area contributed by atoms with Gasteiger partial charge in [-0.3, -0.25) is 4.79 Å². The second kappa shape index (κ2) is 7.12. The molecule has 3 nitrogen and oxygen atoms in total. The zero-order valence-corrected chi connectivity index (χ0v) is 12.1. The smallest absolute Gasteiger partial charge is 0.254 e. The minimum absolute atomic E-state index is 0.152. The lowest BCUT2D eigenvalue weighted by Gasteiger charge is -2.22. The molecule has 1 aromatic rings. The first-order valence-electron chi connectivity index (χ1n) is 7.36. The fourth-order valence-electron chi connectivity index (χ4n) is 2.18. The molecule has 0 saturated heterocycles. The van der Waals surface area contributed by atoms with Crippen molar-refractivity contribution < 1.29 is 4.79 Å². The number of hydrogen-bond acceptors (Lipinski definition) is 2. The lowest BCUT2D eigenvalue weighted by molar-refractivity contribution is 0.0741. The molecule has 0 bridgehead atoms. The highest BCUT2D eigenvalue weighted by atomic mass is 16.2. The van der Waals surface area contributed by atoms with Gasteiger partial charge in [-0.25, -0.2) is 0 Å². The van der Waals surface area contributed by atoms with Crippen molar-refractivity contribution in [3.05, 3.63) is 35.4 Å². The highest BCUT2D eigenvalue weighted by Gasteiger charge is 2.32. The first-order chi connectivity index (χ1) is 9.76. The number of carbonyl (C=O) groups excluding carboxylic acids is 1. The maximum atomic E-state index is 12.5. The van der Waals surface area contributed by atoms with Gasteiger partial charge in [0.2, 0.25) is 0 Å². The molecule has 0 atom stereocenters. The van der Waals surface area contributed by atoms with Gasteiger partial charge in [-0.1, -0.05) is 25.2 Å². The summed E-state index contributed by atoms with van der Waals surface area (Å²) in [5, 5.41) is 0. The number of rotatable bonds is 5. The van der Waals surface area contributed by atoms with E-state index in [-0.39, 0.29) is 5.91 Å². The summed E-state index contributed by atoms with van der Waals surface area (Å²) in [6.45, 7) is 3.38. The Hall–Kier alpha value is -1.79. The summed E-state index contributed by atoms with van der Waals surface area (Å²) in [6.07, 6.45) is 4.48. The van der Waals surface area contributed by atoms with E-state index in [1.54, 1.807) is 0 Å². The zero-order chi connectivity index (χ0) is 14.4. The minimum atomic E-state index is 0.152. The van der Waals surface area contributed by atoms with Gasteiger partial charge in [0.05, 0.1) is 6.54 Å². The lowest BCUT2D eigenvalue weighted by atomic mass is 10.1. The maximum Gasteiger partial charge on any atom is 0.254 e. The van der Waals surface area contributed by atoms with Crippen LogP contribution in [0, 0.1) is 11.8 Å². The molecule has 2 N–H and O–H groups in total. The second-order valence-corrected chi connectivity index (χ2v) is 5.17. The van der Waals surface area contributed by atoms with Crippen LogP contribution in [0.2, 0.25) is 0 Å². The topological polar surface area (TPSA) is 46.3 Å². The fraction of sp³-hybridized carbons (Fsp3) is 0.471. The molecular weight excluding hydrogens is 248 g/mol. The van der Waals surface area contributed by atoms with E-state index in [1.807, 2.05) is 29.2 Å². The Bertz CT molecular complexity index is 506. The van der Waals surface area contributed by atoms with Crippen LogP contribution in [0.5, 0.6) is 0 Å². The quantitative estimate of drug-likeness (QED) is 0.835. The van der Waals surface area contributed by atoms with Gasteiger partial charge in [0, 0.05) is 23.7 Å². The van der Waals surface area contributed by atoms with Crippen molar-refractivity contribution in [2.45, 2.75) is 38.6 Å². The number of hydrogen-bond donors (Lipinski definition) is 1. The third kappa shape index (κ3) is 3.85. The first-order valence-corrected chi connectivity index (χ1v) is 7.36. The number of nitrogens with zero attached hydrogens (tertiary/aromatic N) is 1. The van der Waals surface area contributed by atoms with Gasteiger partial charge >= 0.3 is 0 Å². The van der Waals surface area contributed by atoms with Crippen LogP contribution in [-0.4, -0.2) is 29.9 Å². The normalized spacial score (nSPS) is 13.5. The van der Waals surface area contributed by atoms with Gasteiger partial charge in [-0.2, -0.15) is 0 Å². The molecule has 1 fully saturated rings. The predicted octanol–water partition coefficient (Wildman–Crippen LogP) is 2.40. The van der Waals surface area contributed by atoms with Crippen LogP contribution >= 0.6 is 0 Å². The molecule has 1 amide bonds. The maximum absolute atomic E-state index is 12.5. The third-order valence-electron chi connectivity index (χ3n) is 3.47. The molecule has 1 aliphatic carbocycles. The Labute approximate surface area is 121 Å². The molecule has 0 aromatic heterocycles. The largest absolute Gasteiger partial charge is 0.336 e. The summed E-state index contributed by atoms with van der Waals surface area (Å²) in [5.41, 5.74) is 7.00. The fourth-order valence-corrected chi connectivity index (χ4v) is 2.18. The van der Waals surface area contributed by atoms with Crippen LogP contribution in [0.3, 0.4) is 0 Å². The van der Waals surface area contributed by atoms with Gasteiger partial charge in [-0.05, 0) is 43.5 Å². The van der Waals surface area contributed by atoms with E-state index in [0.29, 0.717) is 12.6 Å². The summed E-state index contributed by atoms with van der Waals surface area (Å²) in [6, 6.07) is 7.97. The zero-order valence-electron chi connectivity index (χ0n) is 12.1. The molecule has 0 heterocycles. The van der Waals surface area contributed by atoms with Crippen molar-refractivity contribution in [1.29, 1.82) is 0 Å². The molecule has 0 spiro atoms. The van der Waals surface area contributed by atoms with E-state index in [1.165, 1.54) is 0 Å². The number of nitrogens with two attached hydrogens (primary N) is 1. The minimum Gasteiger partial charge on any atom is -0.336 e. The number of amides is 1. The molecule has 1 aromatic carbocycles. The number of carbonyl (C=O) groups is 1. The SMILES string of the molecule is CCCCN(C(=O)c1ccc(C#CCN)cc1)C1CC1. The standard InChI is InChI=1S/C17H22N2O/c1-2-3-13-19(16-10-11-16)17(20)15-8-6-14(7-9-15)5-4-12-18/h6-9,16H,2-3,10-13,18H2,1H3. The van der Waals surface area contributed by atoms with Crippen molar-refractivity contribution >= 4 is 5.91 Å². The predicted molar refractivity (Wildman–Crippen MR) is 81.3 cm³/mol. The van der Waals surface area contributed by atoms with Gasteiger partial charge in [0.1, 0.15) is 0 Å². The Morgan fingerprint density at radius 2 is 2.05 bits per heavy atom. The molecular formula is C17H22N2O. The molecule has 0 radical (unpaired) electrons. The van der Waals surface area contributed by atoms with E-state index in [0.717, 1.165) is 43.4 Å². The summed E-state index contributed by atoms with van der Waals surface area (Å²) in [7, 11) is 0. The van der Waals surface area contributed by atoms with Gasteiger partial charge in [0.25, 0.3) is 5.91 Å². The van der Waals surface area contributed by atoms with Gasteiger partial charge in [-0.15, -0.1) is 0 Å². The Morgan fingerprint density at radius 3 is 2.60 bits per heavy atom. The Kier molecular flexibility index (Phi) is 5.20. The van der Waals surface area contributed by atoms with Crippen LogP contribution in [0.15, 0.2) is 24.3 Å². The van der Waals surface area contributed by atoms with E-state index in [9.17, 15) is 4.79 Å². The molecule has 1 aliphatic rings. The van der Waals surface area contributed by atoms with Crippen LogP contribution in [0.1, 0.15) is 48.5 Å². The molecule has 3 heteroatoms. The van der Waals surface area contributed by atoms with Crippen molar-refractivity contribution in [3.63, 3.8) is 0 Å². The van der Waals surface area contributed by atoms with Crippen molar-refractivity contribution in [2.75, 3.05) is 13.1 Å². The summed E-state index contributed by atoms with van der Waals surface area (Å²) < 4.78 is 0. The summed E-state index contributed by atoms with van der Waals surface area (Å²) >= 11 is 0. The monoisotopic (exact) mass is 270 g/mol. The molecule has 2 rings (SSSR count). The molecule has 1 saturated carbocycles. The Morgan fingerprint density at radius 1 is 1.35 bits per heavy atom. The van der Waals surface area contributed by atoms with E-state index >= 15 is 0 Å². The van der Waals surface area contributed by atoms with Crippen molar-refractivity contribution in [3.8, 4) is 11.8 Å². The highest BCUT2D eigenvalue weighted by molar-refractivity contribution is 5.94. The van der Waals surface area contributed by atoms with E-state index < -0.39 is 0 Å². The van der Waals surface area contributed by atoms with Crippen molar-refractivity contribution in [1.82, 2.24) is 4.90 Å². The lowest BCUT2D eigenvalue weighted by Crippen LogP contribution is -2.33. The summed E-state index contributed by atoms with van der Waals surface area (Å²) in [4.78, 5) is 14.6. The van der Waals surface area contributed by atoms with Gasteiger partial charge < -0.3 is 10.6 Å². The molecule has 0 aliphatic heterocycles. The average molecular weight is 270 g/mol. The van der Waals surface area contributed by atoms with E-state index in [2.05, 4.69) is 18.8 Å². The molecule has 0 unspecified atom stereocenters. The van der Waals surface area contributed by atoms with Crippen molar-refractivity contribution in [2.24, 2.45) is 5.73 Å². The average Bonchev–Trinajstić information content (AvgIpc) is 3.30. The van der Waals surface area contributed by atoms with E-state index in [4.69, 9.17) is 5.73 Å². The molecule has 20 heavy (non-hydrogen) atoms. The van der Waals surface area contributed by atoms with Gasteiger partial charge in [0.15, 0.2) is 0 Å². The Balaban J connectivity index is 2.06. The number of unbranched alkanes of at least 4 members (excludes halogenated alkanes) is 1. The highest BCUT2D eigenvalue weighted by Crippen LogP contribution is 2.28. The number of benzene rings is 1. The van der Waals surface area contributed by atoms with Crippen LogP contribution < -0.4 is 5.73 Å². The summed E-state index contributed by atoms with van der Waals surface area (Å²) in [5.74, 6) is 5.94. The third-order valence-corrected chi connectivity index (χ3v) is 3.47. The van der Waals surface area contributed by atoms with Crippen LogP contribution in [0.25, 0.3) is 0 Å².